The van der Waals surface area contributed by atoms with Crippen molar-refractivity contribution >= 4 is 38.5 Å². The molecular weight excluding hydrogens is 507 g/mol. The number of sulfone groups is 1. The normalized spacial score (nSPS) is 11.4. The Morgan fingerprint density at radius 1 is 1.31 bits per heavy atom. The molecule has 36 heavy (non-hydrogen) atoms. The summed E-state index contributed by atoms with van der Waals surface area (Å²) in [6, 6.07) is 11.3. The average Bonchev–Trinajstić information content (AvgIpc) is 3.31. The van der Waals surface area contributed by atoms with Crippen molar-refractivity contribution in [3.63, 3.8) is 0 Å². The molecule has 3 aromatic rings. The van der Waals surface area contributed by atoms with E-state index in [-0.39, 0.29) is 17.3 Å². The van der Waals surface area contributed by atoms with Crippen LogP contribution in [0.1, 0.15) is 16.7 Å². The molecule has 0 aliphatic rings. The lowest BCUT2D eigenvalue weighted by atomic mass is 10.0. The lowest BCUT2D eigenvalue weighted by molar-refractivity contribution is -0.112. The van der Waals surface area contributed by atoms with Gasteiger partial charge in [-0.05, 0) is 36.3 Å². The predicted octanol–water partition coefficient (Wildman–Crippen LogP) is 3.94. The van der Waals surface area contributed by atoms with Crippen molar-refractivity contribution in [2.45, 2.75) is 18.2 Å². The maximum Gasteiger partial charge on any atom is 0.268 e. The minimum Gasteiger partial charge on any atom is -0.493 e. The first kappa shape index (κ1) is 26.5. The number of benzene rings is 2. The standard InChI is InChI=1S/C24H21FN4O5S2/c1-4-7-16-10-15(12-20(33-2)21(16)34-14-17-8-5-6-9-19(17)25)11-18(13-26)22(30)27-23-28-24(29-35-23)36(3,31)32/h4-6,8-12H,1,7,14H2,2-3H3,(H,27,28,29,30)/b18-11-. The predicted molar refractivity (Wildman–Crippen MR) is 133 cm³/mol. The molecule has 1 heterocycles. The summed E-state index contributed by atoms with van der Waals surface area (Å²) >= 11 is 0.677. The molecule has 0 spiro atoms. The summed E-state index contributed by atoms with van der Waals surface area (Å²) in [5, 5.41) is 11.4. The van der Waals surface area contributed by atoms with Crippen LogP contribution in [0, 0.1) is 17.1 Å². The van der Waals surface area contributed by atoms with E-state index < -0.39 is 26.7 Å². The third kappa shape index (κ3) is 6.53. The first-order chi connectivity index (χ1) is 17.2. The summed E-state index contributed by atoms with van der Waals surface area (Å²) in [5.74, 6) is -0.498. The van der Waals surface area contributed by atoms with Gasteiger partial charge in [0.25, 0.3) is 11.1 Å². The molecule has 0 radical (unpaired) electrons. The van der Waals surface area contributed by atoms with E-state index in [1.165, 1.54) is 19.3 Å². The Balaban J connectivity index is 1.90. The van der Waals surface area contributed by atoms with Gasteiger partial charge in [-0.3, -0.25) is 10.1 Å². The van der Waals surface area contributed by atoms with Crippen LogP contribution >= 0.6 is 11.5 Å². The molecule has 0 atom stereocenters. The third-order valence-electron chi connectivity index (χ3n) is 4.70. The molecule has 1 N–H and O–H groups in total. The summed E-state index contributed by atoms with van der Waals surface area (Å²) in [6.45, 7) is 3.71. The number of carbonyl (C=O) groups excluding carboxylic acids is 1. The highest BCUT2D eigenvalue weighted by Gasteiger charge is 2.19. The summed E-state index contributed by atoms with van der Waals surface area (Å²) in [5.41, 5.74) is 1.21. The molecule has 3 rings (SSSR count). The van der Waals surface area contributed by atoms with Crippen molar-refractivity contribution in [2.24, 2.45) is 0 Å². The Morgan fingerprint density at radius 3 is 2.67 bits per heavy atom. The highest BCUT2D eigenvalue weighted by atomic mass is 32.2. The summed E-state index contributed by atoms with van der Waals surface area (Å²) < 4.78 is 52.1. The smallest absolute Gasteiger partial charge is 0.268 e. The number of amides is 1. The Kier molecular flexibility index (Phi) is 8.52. The molecule has 0 saturated heterocycles. The average molecular weight is 529 g/mol. The number of ether oxygens (including phenoxy) is 2. The van der Waals surface area contributed by atoms with Gasteiger partial charge in [-0.15, -0.1) is 6.58 Å². The minimum atomic E-state index is -3.64. The summed E-state index contributed by atoms with van der Waals surface area (Å²) in [4.78, 5) is 16.4. The van der Waals surface area contributed by atoms with Crippen LogP contribution in [0.2, 0.25) is 0 Å². The molecule has 1 aromatic heterocycles. The number of carbonyl (C=O) groups is 1. The van der Waals surface area contributed by atoms with Crippen molar-refractivity contribution in [1.82, 2.24) is 9.36 Å². The van der Waals surface area contributed by atoms with Gasteiger partial charge in [-0.1, -0.05) is 24.3 Å². The maximum absolute atomic E-state index is 14.0. The quantitative estimate of drug-likeness (QED) is 0.238. The molecular formula is C24H21FN4O5S2. The van der Waals surface area contributed by atoms with Gasteiger partial charge in [0.2, 0.25) is 15.0 Å². The van der Waals surface area contributed by atoms with E-state index in [4.69, 9.17) is 9.47 Å². The van der Waals surface area contributed by atoms with Crippen LogP contribution in [0.5, 0.6) is 11.5 Å². The van der Waals surface area contributed by atoms with Crippen LogP contribution in [-0.2, 0) is 27.7 Å². The van der Waals surface area contributed by atoms with Gasteiger partial charge in [0.05, 0.1) is 7.11 Å². The van der Waals surface area contributed by atoms with Crippen molar-refractivity contribution in [3.05, 3.63) is 77.1 Å². The van der Waals surface area contributed by atoms with Gasteiger partial charge >= 0.3 is 0 Å². The van der Waals surface area contributed by atoms with Gasteiger partial charge in [0, 0.05) is 28.9 Å². The fraction of sp³-hybridized carbons (Fsp3) is 0.167. The number of hydrogen-bond donors (Lipinski definition) is 1. The zero-order valence-corrected chi connectivity index (χ0v) is 21.0. The molecule has 9 nitrogen and oxygen atoms in total. The Bertz CT molecular complexity index is 1480. The fourth-order valence-electron chi connectivity index (χ4n) is 3.05. The number of nitrogens with one attached hydrogen (secondary N) is 1. The van der Waals surface area contributed by atoms with Crippen molar-refractivity contribution in [2.75, 3.05) is 18.7 Å². The molecule has 12 heteroatoms. The second-order valence-electron chi connectivity index (χ2n) is 7.36. The molecule has 0 saturated carbocycles. The van der Waals surface area contributed by atoms with E-state index >= 15 is 0 Å². The lowest BCUT2D eigenvalue weighted by Crippen LogP contribution is -2.13. The van der Waals surface area contributed by atoms with E-state index in [2.05, 4.69) is 21.3 Å². The second-order valence-corrected chi connectivity index (χ2v) is 10.0. The molecule has 0 bridgehead atoms. The van der Waals surface area contributed by atoms with Crippen LogP contribution in [0.15, 0.2) is 59.8 Å². The number of hydrogen-bond acceptors (Lipinski definition) is 9. The number of nitrogens with zero attached hydrogens (tertiary/aromatic N) is 3. The molecule has 186 valence electrons. The molecule has 0 aliphatic heterocycles. The van der Waals surface area contributed by atoms with Crippen LogP contribution in [-0.4, -0.2) is 37.0 Å². The zero-order chi connectivity index (χ0) is 26.3. The van der Waals surface area contributed by atoms with Crippen LogP contribution in [0.25, 0.3) is 6.08 Å². The number of aromatic nitrogens is 2. The highest BCUT2D eigenvalue weighted by molar-refractivity contribution is 7.90. The number of allylic oxidation sites excluding steroid dienone is 1. The van der Waals surface area contributed by atoms with Gasteiger partial charge < -0.3 is 9.47 Å². The van der Waals surface area contributed by atoms with E-state index in [1.807, 2.05) is 6.07 Å². The molecule has 0 aliphatic carbocycles. The van der Waals surface area contributed by atoms with Crippen LogP contribution in [0.4, 0.5) is 9.52 Å². The van der Waals surface area contributed by atoms with Crippen LogP contribution in [0.3, 0.4) is 0 Å². The largest absolute Gasteiger partial charge is 0.493 e. The van der Waals surface area contributed by atoms with Gasteiger partial charge in [0.1, 0.15) is 24.1 Å². The highest BCUT2D eigenvalue weighted by Crippen LogP contribution is 2.35. The molecule has 0 fully saturated rings. The second kappa shape index (κ2) is 11.6. The summed E-state index contributed by atoms with van der Waals surface area (Å²) in [6.07, 6.45) is 4.30. The van der Waals surface area contributed by atoms with Crippen molar-refractivity contribution in [1.29, 1.82) is 5.26 Å². The third-order valence-corrected chi connectivity index (χ3v) is 6.30. The number of methoxy groups -OCH3 is 1. The topological polar surface area (TPSA) is 131 Å². The Labute approximate surface area is 211 Å². The Hall–Kier alpha value is -4.08. The number of rotatable bonds is 10. The van der Waals surface area contributed by atoms with Crippen LogP contribution < -0.4 is 14.8 Å². The number of nitriles is 1. The van der Waals surface area contributed by atoms with E-state index in [0.29, 0.717) is 46.1 Å². The SMILES string of the molecule is C=CCc1cc(/C=C(/C#N)C(=O)Nc2nc(S(C)(=O)=O)ns2)cc(OC)c1OCc1ccccc1F. The van der Waals surface area contributed by atoms with E-state index in [9.17, 15) is 22.9 Å². The first-order valence-electron chi connectivity index (χ1n) is 10.3. The van der Waals surface area contributed by atoms with Gasteiger partial charge in [-0.2, -0.15) is 14.6 Å². The van der Waals surface area contributed by atoms with Gasteiger partial charge in [-0.25, -0.2) is 12.8 Å². The molecule has 1 amide bonds. The molecule has 0 unspecified atom stereocenters. The number of halogens is 1. The monoisotopic (exact) mass is 528 g/mol. The van der Waals surface area contributed by atoms with Crippen molar-refractivity contribution in [3.8, 4) is 17.6 Å². The molecule has 2 aromatic carbocycles. The van der Waals surface area contributed by atoms with Crippen molar-refractivity contribution < 1.29 is 27.1 Å². The zero-order valence-electron chi connectivity index (χ0n) is 19.3. The maximum atomic E-state index is 14.0. The van der Waals surface area contributed by atoms with E-state index in [0.717, 1.165) is 6.26 Å². The number of anilines is 1. The first-order valence-corrected chi connectivity index (χ1v) is 13.0. The van der Waals surface area contributed by atoms with E-state index in [1.54, 1.807) is 36.4 Å². The van der Waals surface area contributed by atoms with Gasteiger partial charge in [0.15, 0.2) is 11.5 Å². The lowest BCUT2D eigenvalue weighted by Gasteiger charge is -2.16. The Morgan fingerprint density at radius 2 is 2.06 bits per heavy atom. The fourth-order valence-corrected chi connectivity index (χ4v) is 4.49. The summed E-state index contributed by atoms with van der Waals surface area (Å²) in [7, 11) is -2.20. The minimum absolute atomic E-state index is 0.0362.